The number of alkyl halides is 1. The zero-order valence-electron chi connectivity index (χ0n) is 45.2. The van der Waals surface area contributed by atoms with Crippen LogP contribution in [0.1, 0.15) is 117 Å². The molecule has 0 spiro atoms. The third-order valence-corrected chi connectivity index (χ3v) is 17.0. The van der Waals surface area contributed by atoms with Crippen LogP contribution in [0, 0.1) is 27.9 Å². The summed E-state index contributed by atoms with van der Waals surface area (Å²) in [6.45, 7) is 17.4. The Balaban J connectivity index is 1.44. The molecular formula is C51H85FN6O14S. The number of rotatable bonds is 16. The van der Waals surface area contributed by atoms with Crippen molar-refractivity contribution in [2.45, 2.75) is 203 Å². The highest BCUT2D eigenvalue weighted by Gasteiger charge is 2.53. The van der Waals surface area contributed by atoms with Crippen LogP contribution < -0.4 is 0 Å². The Bertz CT molecular complexity index is 2080. The van der Waals surface area contributed by atoms with Gasteiger partial charge in [-0.2, -0.15) is 11.8 Å². The van der Waals surface area contributed by atoms with Crippen molar-refractivity contribution < 1.29 is 68.1 Å². The summed E-state index contributed by atoms with van der Waals surface area (Å²) in [5.41, 5.74) is -3.38. The number of aliphatic hydroxyl groups is 5. The molecule has 5 N–H and O–H groups in total. The summed E-state index contributed by atoms with van der Waals surface area (Å²) >= 11 is 1.40. The number of thioether (sulfide) groups is 1. The van der Waals surface area contributed by atoms with Crippen molar-refractivity contribution in [1.82, 2.24) is 24.8 Å². The Morgan fingerprint density at radius 2 is 1.68 bits per heavy atom. The molecule has 0 bridgehead atoms. The molecule has 22 heteroatoms. The number of ether oxygens (including phenoxy) is 6. The maximum absolute atomic E-state index is 14.8. The molecule has 0 amide bonds. The SMILES string of the molecule is CC[C@H]1OC(=O)[C@H](C)[C@@H](O[C@H]2C[C@@](C)(OC)[C@@H](O)[C@H](C)O2)[C@H](C)[C@@H](O[C@@H]2O[C@H](C)C[C@H](N(C)CCc3cn([C@H](CF)[C@H](SC)c4ccc([N+](=O)[O-])cc4)nn3)[C@H]2O)[C@](C)(O)C[C@@H](C)CN(C)[C@H](C)[C@@H](O)[C@]1(C)O. The van der Waals surface area contributed by atoms with Gasteiger partial charge in [-0.05, 0) is 99.6 Å². The van der Waals surface area contributed by atoms with Gasteiger partial charge in [-0.25, -0.2) is 9.07 Å². The lowest BCUT2D eigenvalue weighted by Crippen LogP contribution is -2.61. The molecule has 3 aliphatic rings. The minimum atomic E-state index is -1.86. The van der Waals surface area contributed by atoms with E-state index in [1.807, 2.05) is 44.0 Å². The average molecular weight is 1060 g/mol. The fourth-order valence-electron chi connectivity index (χ4n) is 11.3. The van der Waals surface area contributed by atoms with Gasteiger partial charge in [0.2, 0.25) is 0 Å². The molecule has 3 fully saturated rings. The van der Waals surface area contributed by atoms with Crippen LogP contribution in [0.25, 0.3) is 0 Å². The Hall–Kier alpha value is -2.97. The zero-order valence-corrected chi connectivity index (χ0v) is 46.1. The quantitative estimate of drug-likeness (QED) is 0.0873. The lowest BCUT2D eigenvalue weighted by atomic mass is 9.77. The highest BCUT2D eigenvalue weighted by molar-refractivity contribution is 7.98. The van der Waals surface area contributed by atoms with Gasteiger partial charge < -0.3 is 63.8 Å². The van der Waals surface area contributed by atoms with E-state index >= 15 is 0 Å². The molecule has 0 saturated carbocycles. The molecule has 4 heterocycles. The number of carbonyl (C=O) groups excluding carboxylic acids is 1. The molecule has 0 radical (unpaired) electrons. The Morgan fingerprint density at radius 3 is 2.27 bits per heavy atom. The molecule has 1 aromatic carbocycles. The number of esters is 1. The number of hydrogen-bond acceptors (Lipinski definition) is 19. The summed E-state index contributed by atoms with van der Waals surface area (Å²) in [6.07, 6.45) is -5.71. The van der Waals surface area contributed by atoms with Crippen molar-refractivity contribution in [2.75, 3.05) is 47.2 Å². The first kappa shape index (κ1) is 60.9. The van der Waals surface area contributed by atoms with E-state index in [2.05, 4.69) is 10.3 Å². The number of carbonyl (C=O) groups is 1. The van der Waals surface area contributed by atoms with E-state index < -0.39 is 131 Å². The predicted molar refractivity (Wildman–Crippen MR) is 271 cm³/mol. The molecule has 3 saturated heterocycles. The molecule has 20 atom stereocenters. The van der Waals surface area contributed by atoms with Crippen molar-refractivity contribution >= 4 is 23.4 Å². The van der Waals surface area contributed by atoms with Gasteiger partial charge in [-0.1, -0.05) is 38.1 Å². The van der Waals surface area contributed by atoms with Crippen LogP contribution in [0.15, 0.2) is 30.5 Å². The first-order valence-corrected chi connectivity index (χ1v) is 26.9. The summed E-state index contributed by atoms with van der Waals surface area (Å²) < 4.78 is 54.5. The van der Waals surface area contributed by atoms with Crippen LogP contribution in [-0.4, -0.2) is 199 Å². The van der Waals surface area contributed by atoms with Crippen molar-refractivity contribution in [3.05, 3.63) is 51.8 Å². The van der Waals surface area contributed by atoms with E-state index in [4.69, 9.17) is 28.4 Å². The molecule has 0 aliphatic carbocycles. The van der Waals surface area contributed by atoms with E-state index in [-0.39, 0.29) is 30.9 Å². The molecule has 2 aromatic rings. The second kappa shape index (κ2) is 25.5. The number of nitro groups is 1. The molecule has 416 valence electrons. The van der Waals surface area contributed by atoms with Crippen LogP contribution in [-0.2, 0) is 39.6 Å². The van der Waals surface area contributed by atoms with E-state index in [0.717, 1.165) is 0 Å². The van der Waals surface area contributed by atoms with Crippen molar-refractivity contribution in [3.8, 4) is 0 Å². The number of methoxy groups -OCH3 is 1. The molecule has 3 aliphatic heterocycles. The molecule has 5 rings (SSSR count). The van der Waals surface area contributed by atoms with Gasteiger partial charge in [0.05, 0.1) is 63.4 Å². The van der Waals surface area contributed by atoms with Gasteiger partial charge in [-0.3, -0.25) is 14.9 Å². The lowest BCUT2D eigenvalue weighted by Gasteiger charge is -2.49. The van der Waals surface area contributed by atoms with Gasteiger partial charge >= 0.3 is 5.97 Å². The van der Waals surface area contributed by atoms with Gasteiger partial charge in [0, 0.05) is 69.4 Å². The lowest BCUT2D eigenvalue weighted by molar-refractivity contribution is -0.384. The van der Waals surface area contributed by atoms with Crippen LogP contribution in [0.4, 0.5) is 10.1 Å². The molecule has 0 unspecified atom stereocenters. The largest absolute Gasteiger partial charge is 0.459 e. The number of likely N-dealkylation sites (N-methyl/N-ethyl adjacent to an activating group) is 2. The third kappa shape index (κ3) is 14.2. The van der Waals surface area contributed by atoms with Gasteiger partial charge in [0.1, 0.15) is 36.7 Å². The number of non-ortho nitro benzene ring substituents is 1. The number of aliphatic hydroxyl groups excluding tert-OH is 3. The van der Waals surface area contributed by atoms with Gasteiger partial charge in [0.15, 0.2) is 12.6 Å². The fourth-order valence-corrected chi connectivity index (χ4v) is 12.2. The van der Waals surface area contributed by atoms with Crippen molar-refractivity contribution in [2.24, 2.45) is 17.8 Å². The first-order valence-electron chi connectivity index (χ1n) is 25.6. The van der Waals surface area contributed by atoms with E-state index in [1.165, 1.54) is 42.6 Å². The third-order valence-electron chi connectivity index (χ3n) is 15.9. The molecule has 20 nitrogen and oxygen atoms in total. The highest BCUT2D eigenvalue weighted by Crippen LogP contribution is 2.41. The smallest absolute Gasteiger partial charge is 0.311 e. The van der Waals surface area contributed by atoms with E-state index in [0.29, 0.717) is 37.2 Å². The van der Waals surface area contributed by atoms with Crippen LogP contribution >= 0.6 is 11.8 Å². The maximum Gasteiger partial charge on any atom is 0.311 e. The number of aromatic nitrogens is 3. The zero-order chi connectivity index (χ0) is 54.5. The number of cyclic esters (lactones) is 1. The Labute approximate surface area is 434 Å². The maximum atomic E-state index is 14.8. The summed E-state index contributed by atoms with van der Waals surface area (Å²) in [5, 5.41) is 79.2. The number of halogens is 1. The number of benzene rings is 1. The second-order valence-electron chi connectivity index (χ2n) is 21.8. The van der Waals surface area contributed by atoms with Gasteiger partial charge in [0.25, 0.3) is 5.69 Å². The van der Waals surface area contributed by atoms with Crippen molar-refractivity contribution in [3.63, 3.8) is 0 Å². The minimum absolute atomic E-state index is 0.0593. The summed E-state index contributed by atoms with van der Waals surface area (Å²) in [4.78, 5) is 29.1. The van der Waals surface area contributed by atoms with E-state index in [9.17, 15) is 44.8 Å². The van der Waals surface area contributed by atoms with Crippen LogP contribution in [0.5, 0.6) is 0 Å². The normalized spacial score (nSPS) is 39.6. The van der Waals surface area contributed by atoms with Crippen LogP contribution in [0.2, 0.25) is 0 Å². The standard InChI is InChI=1S/C51H85FN6O14S/c1-15-39-51(10,64)44(60)32(6)56(12)26-28(2)23-49(8,63)46(30(4)42(31(5)47(62)70-39)71-40-24-50(9,67-13)45(61)33(7)69-40)72-48-41(59)37(22-29(3)68-48)55(11)21-20-35-27-57(54-53-35)38(25-52)43(73-14)34-16-18-36(19-17-34)58(65)66/h16-19,27-33,37-46,48,59-61,63-64H,15,20-26H2,1-14H3/t28-,29-,30+,31-,32-,33+,37+,38-,39-,40+,41-,42+,43-,44-,45+,46-,48+,49-,50-,51-/m1/s1. The number of nitrogens with zero attached hydrogens (tertiary/aromatic N) is 6. The fraction of sp³-hybridized carbons (Fsp3) is 0.824. The Kier molecular flexibility index (Phi) is 21.2. The van der Waals surface area contributed by atoms with Crippen molar-refractivity contribution in [1.29, 1.82) is 0 Å². The second-order valence-corrected chi connectivity index (χ2v) is 22.8. The predicted octanol–water partition coefficient (Wildman–Crippen LogP) is 4.63. The summed E-state index contributed by atoms with van der Waals surface area (Å²) in [7, 11) is 5.17. The number of hydrogen-bond donors (Lipinski definition) is 5. The molecular weight excluding hydrogens is 972 g/mol. The van der Waals surface area contributed by atoms with E-state index in [1.54, 1.807) is 66.8 Å². The first-order chi connectivity index (χ1) is 34.1. The average Bonchev–Trinajstić information content (AvgIpc) is 3.81. The number of nitro benzene ring substituents is 1. The van der Waals surface area contributed by atoms with Crippen LogP contribution in [0.3, 0.4) is 0 Å². The highest BCUT2D eigenvalue weighted by atomic mass is 32.2. The molecule has 1 aromatic heterocycles. The summed E-state index contributed by atoms with van der Waals surface area (Å²) in [6, 6.07) is 4.20. The monoisotopic (exact) mass is 1060 g/mol. The Morgan fingerprint density at radius 1 is 1.03 bits per heavy atom. The summed E-state index contributed by atoms with van der Waals surface area (Å²) in [5.74, 6) is -2.92. The van der Waals surface area contributed by atoms with Gasteiger partial charge in [-0.15, -0.1) is 5.10 Å². The minimum Gasteiger partial charge on any atom is -0.459 e. The molecule has 73 heavy (non-hydrogen) atoms. The topological polar surface area (TPSA) is 254 Å².